The first-order valence-corrected chi connectivity index (χ1v) is 31.7. The van der Waals surface area contributed by atoms with Gasteiger partial charge in [-0.1, -0.05) is 242 Å². The highest BCUT2D eigenvalue weighted by molar-refractivity contribution is 7.27. The predicted molar refractivity (Wildman–Crippen MR) is 415 cm³/mol. The van der Waals surface area contributed by atoms with Crippen LogP contribution >= 0.6 is 11.3 Å². The van der Waals surface area contributed by atoms with Gasteiger partial charge in [0.05, 0.1) is 118 Å². The number of hydrogen-bond donors (Lipinski definition) is 0. The lowest BCUT2D eigenvalue weighted by Gasteiger charge is -2.44. The Labute approximate surface area is 615 Å². The fourth-order valence-corrected chi connectivity index (χ4v) is 16.3. The minimum Gasteiger partial charge on any atom is -0.452 e. The molecular weight excluding hydrogens is 1210 g/mol. The Kier molecular flexibility index (Phi) is 6.44. The van der Waals surface area contributed by atoms with Crippen molar-refractivity contribution in [1.29, 1.82) is 0 Å². The van der Waals surface area contributed by atoms with E-state index in [0.29, 0.717) is 36.6 Å². The molecule has 0 saturated heterocycles. The minimum absolute atomic E-state index is 0.0126. The van der Waals surface area contributed by atoms with Crippen molar-refractivity contribution < 1.29 is 51.0 Å². The van der Waals surface area contributed by atoms with Crippen LogP contribution < -0.4 is 26.2 Å². The third-order valence-corrected chi connectivity index (χ3v) is 20.2. The zero-order valence-electron chi connectivity index (χ0n) is 84.2. The van der Waals surface area contributed by atoms with E-state index in [1.807, 2.05) is 4.90 Å². The maximum Gasteiger partial charge on any atom is 0.252 e. The van der Waals surface area contributed by atoms with Crippen molar-refractivity contribution in [2.45, 2.75) is 0 Å². The zero-order valence-corrected chi connectivity index (χ0v) is 51.0. The molecule has 454 valence electrons. The second-order valence-electron chi connectivity index (χ2n) is 23.7. The molecule has 15 aromatic carbocycles. The first kappa shape index (κ1) is 30.9. The highest BCUT2D eigenvalue weighted by atomic mass is 32.1. The molecule has 22 rings (SSSR count). The predicted octanol–water partition coefficient (Wildman–Crippen LogP) is 22.7. The van der Waals surface area contributed by atoms with E-state index in [1.165, 1.54) is 19.8 Å². The lowest BCUT2D eigenvalue weighted by atomic mass is 9.33. The first-order chi connectivity index (χ1) is 62.8. The third-order valence-electron chi connectivity index (χ3n) is 18.9. The Bertz CT molecular complexity index is 8250. The molecule has 0 bridgehead atoms. The number of para-hydroxylation sites is 8. The number of thiophene rings is 1. The van der Waals surface area contributed by atoms with E-state index in [4.69, 9.17) is 23.6 Å². The third kappa shape index (κ3) is 7.46. The van der Waals surface area contributed by atoms with Crippen LogP contribution in [0.15, 0.2) is 331 Å². The van der Waals surface area contributed by atoms with E-state index in [2.05, 4.69) is 0 Å². The van der Waals surface area contributed by atoms with Crippen molar-refractivity contribution in [1.82, 2.24) is 13.7 Å². The molecule has 6 nitrogen and oxygen atoms in total. The van der Waals surface area contributed by atoms with Crippen molar-refractivity contribution in [2.24, 2.45) is 0 Å². The Hall–Kier alpha value is -12.6. The average Bonchev–Trinajstić information content (AvgIpc) is 1.24. The molecular formula is C90H54BN5OS. The van der Waals surface area contributed by atoms with Crippen LogP contribution in [0.4, 0.5) is 34.1 Å². The molecule has 2 aliphatic rings. The molecule has 0 aliphatic carbocycles. The Morgan fingerprint density at radius 3 is 1.10 bits per heavy atom. The molecule has 8 heteroatoms. The standard InChI is InChI=1S/C90H54BN5OS/c1-3-23-55(24-4-1)57-47-49-78-70(51-57)91-71-52-58(56-25-5-2-6-26-56)48-50-79(71)96(83-46-22-36-69-68-35-21-45-82(89(68)98-90(69)83)94-76-41-17-11-31-64(76)65-32-12-18-42-77(65)94)85-54-59(92-72-37-13-7-27-60(72)61-28-8-14-38-73(61)92)53-84(86(85)91)95(78)81-44-20-34-67-66-33-19-43-80(87(66)97-88(67)81)93-74-39-15-9-29-62(74)63-30-10-16-40-75(63)93/h1-54H/i1D,2D,3D,4D,5D,6D,7D,8D,9D,10D,11D,12D,13D,14D,15D,16D,17D,18D,23D,24D,25D,26D,27D,28D,29D,30D,31D,32D,37D,38D,39D,40D,41D,42D. The molecule has 0 radical (unpaired) electrons. The molecule has 0 atom stereocenters. The molecule has 0 amide bonds. The highest BCUT2D eigenvalue weighted by Crippen LogP contribution is 2.53. The summed E-state index contributed by atoms with van der Waals surface area (Å²) in [6.07, 6.45) is 0. The topological polar surface area (TPSA) is 34.4 Å². The van der Waals surface area contributed by atoms with Gasteiger partial charge in [0.15, 0.2) is 11.2 Å². The summed E-state index contributed by atoms with van der Waals surface area (Å²) in [6, 6.07) is 10.7. The Morgan fingerprint density at radius 2 is 0.633 bits per heavy atom. The Balaban J connectivity index is 0.929. The maximum atomic E-state index is 10.0. The van der Waals surface area contributed by atoms with Gasteiger partial charge in [-0.15, -0.1) is 11.3 Å². The van der Waals surface area contributed by atoms with Crippen molar-refractivity contribution in [3.8, 4) is 39.3 Å². The minimum atomic E-state index is -1.30. The maximum absolute atomic E-state index is 10.0. The first-order valence-electron chi connectivity index (χ1n) is 47.9. The van der Waals surface area contributed by atoms with Crippen LogP contribution in [0.25, 0.3) is 147 Å². The Morgan fingerprint density at radius 1 is 0.276 bits per heavy atom. The van der Waals surface area contributed by atoms with E-state index in [-0.39, 0.29) is 161 Å². The molecule has 2 aliphatic heterocycles. The number of fused-ring (bicyclic) bond motifs is 19. The van der Waals surface area contributed by atoms with Crippen molar-refractivity contribution in [3.63, 3.8) is 0 Å². The van der Waals surface area contributed by atoms with Gasteiger partial charge in [-0.05, 0) is 123 Å². The second kappa shape index (κ2) is 20.4. The van der Waals surface area contributed by atoms with Crippen LogP contribution in [0.1, 0.15) is 46.6 Å². The van der Waals surface area contributed by atoms with E-state index in [9.17, 15) is 27.4 Å². The van der Waals surface area contributed by atoms with Gasteiger partial charge in [-0.25, -0.2) is 0 Å². The van der Waals surface area contributed by atoms with Gasteiger partial charge < -0.3 is 27.9 Å². The van der Waals surface area contributed by atoms with E-state index >= 15 is 0 Å². The summed E-state index contributed by atoms with van der Waals surface area (Å²) in [5.41, 5.74) is 0.232. The highest BCUT2D eigenvalue weighted by Gasteiger charge is 2.45. The number of anilines is 6. The lowest BCUT2D eigenvalue weighted by molar-refractivity contribution is 0.666. The summed E-state index contributed by atoms with van der Waals surface area (Å²) >= 11 is 1.15. The SMILES string of the molecule is [2H]c1c([2H])c([2H])c(-c2ccc3c(c2)B2c4cc(-c5c([2H])c([2H])c([2H])c([2H])c5[2H])ccc4N(c4cccc5c4sc4c(-n6c7c([2H])c([2H])c([2H])c([2H])c7c7c([2H])c([2H])c([2H])c([2H])c76)cccc45)c4cc(-n5c6c([2H])c([2H])c([2H])c([2H])c6c6c([2H])c([2H])c([2H])c([2H])c65)cc(c42)N3c2cccc3c2oc2c(-n4c5c([2H])c([2H])c([2H])c([2H])c5c5c([2H])c([2H])c([2H])c([2H])c54)cccc23)c([2H])c1[2H]. The van der Waals surface area contributed by atoms with Crippen molar-refractivity contribution in [3.05, 3.63) is 327 Å². The number of nitrogens with zero attached hydrogens (tertiary/aromatic N) is 5. The van der Waals surface area contributed by atoms with Gasteiger partial charge in [-0.2, -0.15) is 0 Å². The molecule has 5 aromatic heterocycles. The lowest BCUT2D eigenvalue weighted by Crippen LogP contribution is -2.61. The second-order valence-corrected chi connectivity index (χ2v) is 24.7. The van der Waals surface area contributed by atoms with E-state index in [1.54, 1.807) is 120 Å². The molecule has 7 heterocycles. The van der Waals surface area contributed by atoms with Gasteiger partial charge in [0, 0.05) is 76.6 Å². The molecule has 0 saturated carbocycles. The van der Waals surface area contributed by atoms with Crippen LogP contribution in [-0.4, -0.2) is 20.4 Å². The summed E-state index contributed by atoms with van der Waals surface area (Å²) in [5.74, 6) is 0. The molecule has 98 heavy (non-hydrogen) atoms. The van der Waals surface area contributed by atoms with Crippen LogP contribution in [0.2, 0.25) is 0 Å². The monoisotopic (exact) mass is 1300 g/mol. The number of furan rings is 1. The number of hydrogen-bond acceptors (Lipinski definition) is 4. The molecule has 0 unspecified atom stereocenters. The summed E-state index contributed by atoms with van der Waals surface area (Å²) in [5, 5.41) is 0.185. The largest absolute Gasteiger partial charge is 0.452 e. The molecule has 0 fully saturated rings. The zero-order chi connectivity index (χ0) is 93.4. The van der Waals surface area contributed by atoms with Crippen molar-refractivity contribution >= 4 is 176 Å². The number of benzene rings is 15. The quantitative estimate of drug-likeness (QED) is 0.149. The van der Waals surface area contributed by atoms with Crippen LogP contribution in [-0.2, 0) is 0 Å². The number of aromatic nitrogens is 3. The normalized spacial score (nSPS) is 17.7. The van der Waals surface area contributed by atoms with Crippen LogP contribution in [0.3, 0.4) is 0 Å². The summed E-state index contributed by atoms with van der Waals surface area (Å²) in [6.45, 7) is -1.30. The smallest absolute Gasteiger partial charge is 0.252 e. The molecule has 0 N–H and O–H groups in total. The van der Waals surface area contributed by atoms with E-state index < -0.39 is 212 Å². The molecule has 20 aromatic rings. The fourth-order valence-electron chi connectivity index (χ4n) is 15.0. The van der Waals surface area contributed by atoms with Gasteiger partial charge in [0.2, 0.25) is 0 Å². The van der Waals surface area contributed by atoms with Gasteiger partial charge in [0.25, 0.3) is 6.71 Å². The fraction of sp³-hybridized carbons (Fsp3) is 0. The van der Waals surface area contributed by atoms with Crippen LogP contribution in [0, 0.1) is 0 Å². The van der Waals surface area contributed by atoms with E-state index in [0.717, 1.165) is 11.3 Å². The summed E-state index contributed by atoms with van der Waals surface area (Å²) < 4.78 is 329. The van der Waals surface area contributed by atoms with Crippen molar-refractivity contribution in [2.75, 3.05) is 9.80 Å². The van der Waals surface area contributed by atoms with Crippen LogP contribution in [0.5, 0.6) is 0 Å². The summed E-state index contributed by atoms with van der Waals surface area (Å²) in [4.78, 5) is 3.58. The van der Waals surface area contributed by atoms with Gasteiger partial charge in [-0.3, -0.25) is 0 Å². The average molecular weight is 1300 g/mol. The summed E-state index contributed by atoms with van der Waals surface area (Å²) in [7, 11) is 0. The van der Waals surface area contributed by atoms with Gasteiger partial charge >= 0.3 is 0 Å². The number of rotatable bonds is 7. The molecule has 0 spiro atoms. The van der Waals surface area contributed by atoms with Gasteiger partial charge in [0.1, 0.15) is 0 Å².